The molecule has 4 aromatic carbocycles. The minimum Gasteiger partial charge on any atom is -1.00 e. The molecular weight excluding hydrogens is 1200 g/mol. The van der Waals surface area contributed by atoms with Gasteiger partial charge in [0.15, 0.2) is 17.3 Å². The van der Waals surface area contributed by atoms with Gasteiger partial charge in [-0.3, -0.25) is 4.79 Å². The van der Waals surface area contributed by atoms with Crippen molar-refractivity contribution in [2.45, 2.75) is 105 Å². The molecular formula is C66H91F2KN14O5Si2. The van der Waals surface area contributed by atoms with E-state index in [0.717, 1.165) is 92.6 Å². The van der Waals surface area contributed by atoms with Crippen molar-refractivity contribution in [1.29, 1.82) is 0 Å². The average Bonchev–Trinajstić information content (AvgIpc) is 1.69. The van der Waals surface area contributed by atoms with E-state index in [1.54, 1.807) is 47.7 Å². The summed E-state index contributed by atoms with van der Waals surface area (Å²) in [5.74, 6) is -1.04. The summed E-state index contributed by atoms with van der Waals surface area (Å²) >= 11 is 0. The Morgan fingerprint density at radius 3 is 1.34 bits per heavy atom. The van der Waals surface area contributed by atoms with Crippen LogP contribution in [0.5, 0.6) is 0 Å². The van der Waals surface area contributed by atoms with Crippen molar-refractivity contribution >= 4 is 50.8 Å². The van der Waals surface area contributed by atoms with Crippen molar-refractivity contribution in [2.24, 2.45) is 0 Å². The second-order valence-electron chi connectivity index (χ2n) is 25.9. The molecule has 2 saturated heterocycles. The van der Waals surface area contributed by atoms with E-state index in [1.165, 1.54) is 36.1 Å². The van der Waals surface area contributed by atoms with Crippen LogP contribution < -0.4 is 72.2 Å². The molecule has 6 heterocycles. The molecule has 4 aromatic heterocycles. The van der Waals surface area contributed by atoms with Gasteiger partial charge in [0.25, 0.3) is 5.91 Å². The Balaban J connectivity index is 0.000000242. The number of aromatic carboxylic acids is 1. The van der Waals surface area contributed by atoms with Crippen molar-refractivity contribution in [2.75, 3.05) is 101 Å². The molecule has 19 nitrogen and oxygen atoms in total. The number of aromatic nitrogens is 8. The summed E-state index contributed by atoms with van der Waals surface area (Å²) in [6.07, 6.45) is 6.69. The number of ether oxygens (including phenoxy) is 2. The van der Waals surface area contributed by atoms with Gasteiger partial charge in [0, 0.05) is 140 Å². The summed E-state index contributed by atoms with van der Waals surface area (Å²) in [4.78, 5) is 53.1. The van der Waals surface area contributed by atoms with Crippen LogP contribution in [0.25, 0.3) is 45.6 Å². The standard InChI is InChI=1S/C33H44FN7O2Si.C22H29FN4O3Si.C11H17N3.K.H/c1-24(2)41-22-35-30(25-7-9-26(34)10-8-25)31(41)32-37-29(21-40(32)23-43-19-20-44(4,5)6)33(42)36-27-11-13-28(14-12-27)39-17-15-38(3)16-18-39;1-15(2)27-13-24-19(16-6-8-17(23)9-7-16)20(27)21-25-18(22(28)29)12-26(21)14-30-10-11-31(3,4)5;1-13-6-8-14(9-7-13)11-4-2-10(12)3-5-11;;/h7-14,21-22,24H,15-20,23H2,1-6H3,(H,36,42);6-9,12-13,15H,10-11,14H2,1-5H3,(H,28,29);2-5H,6-9,12H2,1H3;;/q;;;+1;-1. The van der Waals surface area contributed by atoms with Gasteiger partial charge in [0.05, 0.1) is 24.0 Å². The normalized spacial score (nSPS) is 14.0. The van der Waals surface area contributed by atoms with E-state index in [9.17, 15) is 23.5 Å². The Labute approximate surface area is 575 Å². The molecule has 0 atom stereocenters. The minimum absolute atomic E-state index is 0. The third-order valence-electron chi connectivity index (χ3n) is 15.6. The third-order valence-corrected chi connectivity index (χ3v) is 19.0. The molecule has 90 heavy (non-hydrogen) atoms. The number of carboxylic acid groups (broad SMARTS) is 1. The third kappa shape index (κ3) is 19.9. The molecule has 0 spiro atoms. The first-order valence-corrected chi connectivity index (χ1v) is 38.1. The number of nitrogens with zero attached hydrogens (tertiary/aromatic N) is 12. The SMILES string of the molecule is CC(C)n1cnc(-c2ccc(F)cc2)c1-c1nc(C(=O)Nc2ccc(N3CCN(C)CC3)cc2)cn1COCC[Si](C)(C)C.CC(C)n1cnc(-c2ccc(F)cc2)c1-c1nc(C(=O)O)cn1COCC[Si](C)(C)C.CN1CCN(c2ccc(N)cc2)CC1.[H-].[K+]. The van der Waals surface area contributed by atoms with Crippen LogP contribution in [0.3, 0.4) is 0 Å². The Hall–Kier alpha value is -6.17. The molecule has 0 unspecified atom stereocenters. The van der Waals surface area contributed by atoms with E-state index in [2.05, 4.69) is 114 Å². The van der Waals surface area contributed by atoms with Crippen LogP contribution in [0.4, 0.5) is 31.5 Å². The Morgan fingerprint density at radius 1 is 0.589 bits per heavy atom. The minimum atomic E-state index is -1.28. The number of halogens is 2. The number of piperazine rings is 2. The maximum Gasteiger partial charge on any atom is 1.00 e. The number of carbonyl (C=O) groups excluding carboxylic acids is 1. The topological polar surface area (TPSA) is 195 Å². The van der Waals surface area contributed by atoms with Crippen LogP contribution in [0.15, 0.2) is 122 Å². The number of rotatable bonds is 21. The number of benzene rings is 4. The number of nitrogens with one attached hydrogen (secondary N) is 1. The number of imidazole rings is 4. The van der Waals surface area contributed by atoms with Crippen LogP contribution in [0.1, 0.15) is 62.2 Å². The fraction of sp³-hybridized carbons (Fsp3) is 0.424. The summed E-state index contributed by atoms with van der Waals surface area (Å²) in [5, 5.41) is 12.5. The molecule has 8 aromatic rings. The second-order valence-corrected chi connectivity index (χ2v) is 37.2. The molecule has 10 rings (SSSR count). The van der Waals surface area contributed by atoms with E-state index in [4.69, 9.17) is 25.2 Å². The summed E-state index contributed by atoms with van der Waals surface area (Å²) in [7, 11) is 1.78. The van der Waals surface area contributed by atoms with E-state index < -0.39 is 22.1 Å². The van der Waals surface area contributed by atoms with Gasteiger partial charge < -0.3 is 64.9 Å². The van der Waals surface area contributed by atoms with Gasteiger partial charge in [-0.15, -0.1) is 0 Å². The molecule has 0 radical (unpaired) electrons. The molecule has 0 aliphatic carbocycles. The van der Waals surface area contributed by atoms with Crippen LogP contribution in [-0.2, 0) is 22.9 Å². The van der Waals surface area contributed by atoms with E-state index in [0.29, 0.717) is 47.6 Å². The number of nitrogen functional groups attached to an aromatic ring is 1. The number of nitrogens with two attached hydrogens (primary N) is 1. The molecule has 2 aliphatic heterocycles. The van der Waals surface area contributed by atoms with Gasteiger partial charge >= 0.3 is 57.4 Å². The zero-order valence-corrected chi connectivity index (χ0v) is 60.0. The number of carboxylic acids is 1. The zero-order chi connectivity index (χ0) is 64.2. The predicted octanol–water partition coefficient (Wildman–Crippen LogP) is 9.73. The monoisotopic (exact) mass is 1290 g/mol. The van der Waals surface area contributed by atoms with Crippen LogP contribution in [0.2, 0.25) is 51.4 Å². The van der Waals surface area contributed by atoms with Crippen molar-refractivity contribution in [1.82, 2.24) is 48.0 Å². The fourth-order valence-electron chi connectivity index (χ4n) is 10.1. The van der Waals surface area contributed by atoms with Gasteiger partial charge in [0.1, 0.15) is 42.2 Å². The van der Waals surface area contributed by atoms with Crippen molar-refractivity contribution in [3.63, 3.8) is 0 Å². The van der Waals surface area contributed by atoms with Crippen LogP contribution in [0, 0.1) is 11.6 Å². The first-order valence-electron chi connectivity index (χ1n) is 30.6. The average molecular weight is 1290 g/mol. The first kappa shape index (κ1) is 71.3. The largest absolute Gasteiger partial charge is 1.00 e. The van der Waals surface area contributed by atoms with Gasteiger partial charge in [-0.1, -0.05) is 39.3 Å². The van der Waals surface area contributed by atoms with Gasteiger partial charge in [-0.25, -0.2) is 33.5 Å². The number of likely N-dealkylation sites (N-methyl/N-ethyl adjacent to an activating group) is 2. The second kappa shape index (κ2) is 32.4. The molecule has 478 valence electrons. The Morgan fingerprint density at radius 2 is 0.967 bits per heavy atom. The molecule has 2 fully saturated rings. The number of hydrogen-bond donors (Lipinski definition) is 3. The molecule has 0 bridgehead atoms. The first-order chi connectivity index (χ1) is 42.3. The van der Waals surface area contributed by atoms with Gasteiger partial charge in [-0.05, 0) is 151 Å². The maximum absolute atomic E-state index is 13.8. The van der Waals surface area contributed by atoms with Crippen LogP contribution in [-0.4, -0.2) is 161 Å². The molecule has 4 N–H and O–H groups in total. The van der Waals surface area contributed by atoms with Crippen LogP contribution >= 0.6 is 0 Å². The molecule has 2 aliphatic rings. The molecule has 0 saturated carbocycles. The number of amides is 1. The summed E-state index contributed by atoms with van der Waals surface area (Å²) in [6.45, 7) is 32.1. The van der Waals surface area contributed by atoms with E-state index in [-0.39, 0.29) is 107 Å². The summed E-state index contributed by atoms with van der Waals surface area (Å²) < 4.78 is 46.8. The van der Waals surface area contributed by atoms with Crippen molar-refractivity contribution < 1.29 is 85.8 Å². The van der Waals surface area contributed by atoms with Crippen molar-refractivity contribution in [3.05, 3.63) is 145 Å². The maximum atomic E-state index is 13.8. The predicted molar refractivity (Wildman–Crippen MR) is 359 cm³/mol. The van der Waals surface area contributed by atoms with E-state index >= 15 is 0 Å². The summed E-state index contributed by atoms with van der Waals surface area (Å²) in [5.41, 5.74) is 14.0. The number of hydrogen-bond acceptors (Lipinski definition) is 13. The number of carbonyl (C=O) groups is 2. The molecule has 1 amide bonds. The van der Waals surface area contributed by atoms with Gasteiger partial charge in [0.2, 0.25) is 0 Å². The molecule has 24 heteroatoms. The van der Waals surface area contributed by atoms with Crippen molar-refractivity contribution in [3.8, 4) is 45.6 Å². The Bertz CT molecular complexity index is 3570. The number of anilines is 4. The zero-order valence-electron chi connectivity index (χ0n) is 55.9. The quantitative estimate of drug-likeness (QED) is 0.0349. The Kier molecular flexibility index (Phi) is 25.7. The van der Waals surface area contributed by atoms with E-state index in [1.807, 2.05) is 63.9 Å². The summed E-state index contributed by atoms with van der Waals surface area (Å²) in [6, 6.07) is 30.6. The fourth-order valence-corrected chi connectivity index (χ4v) is 11.6. The smallest absolute Gasteiger partial charge is 1.00 e. The van der Waals surface area contributed by atoms with Gasteiger partial charge in [-0.2, -0.15) is 0 Å².